The fourth-order valence-electron chi connectivity index (χ4n) is 3.92. The Hall–Kier alpha value is -1.74. The third-order valence-electron chi connectivity index (χ3n) is 5.65. The van der Waals surface area contributed by atoms with Crippen molar-refractivity contribution in [2.45, 2.75) is 52.0 Å². The molecule has 8 heteroatoms. The Morgan fingerprint density at radius 3 is 2.85 bits per heavy atom. The van der Waals surface area contributed by atoms with Crippen LogP contribution in [0, 0.1) is 13.8 Å². The maximum absolute atomic E-state index is 12.9. The summed E-state index contributed by atoms with van der Waals surface area (Å²) in [5, 5.41) is 25.5. The lowest BCUT2D eigenvalue weighted by Crippen LogP contribution is -2.49. The van der Waals surface area contributed by atoms with Crippen LogP contribution in [0.5, 0.6) is 0 Å². The van der Waals surface area contributed by atoms with E-state index >= 15 is 0 Å². The fraction of sp³-hybridized carbons (Fsp3) is 0.579. The average molecular weight is 391 g/mol. The molecular weight excluding hydrogens is 366 g/mol. The number of β-amino-alcohol motifs (C(OH)–C–C–N with tert-alkyl or cyclic N) is 1. The maximum Gasteiger partial charge on any atom is 0.255 e. The summed E-state index contributed by atoms with van der Waals surface area (Å²) in [7, 11) is 0. The summed E-state index contributed by atoms with van der Waals surface area (Å²) in [5.74, 6) is 0.837. The van der Waals surface area contributed by atoms with Crippen molar-refractivity contribution < 1.29 is 19.5 Å². The SMILES string of the molecule is Cc1noc(C)c1CN1CCc2c(C(=O)N3CC[C@H](O)[C@@H](O)C3)csc2C1. The lowest BCUT2D eigenvalue weighted by atomic mass is 10.00. The Balaban J connectivity index is 1.46. The number of aromatic nitrogens is 1. The fourth-order valence-corrected chi connectivity index (χ4v) is 5.04. The summed E-state index contributed by atoms with van der Waals surface area (Å²) in [6.45, 7) is 7.10. The number of carbonyl (C=O) groups excluding carboxylic acids is 1. The molecule has 4 rings (SSSR count). The summed E-state index contributed by atoms with van der Waals surface area (Å²) in [6.07, 6.45) is -0.335. The molecule has 0 aliphatic carbocycles. The van der Waals surface area contributed by atoms with E-state index in [-0.39, 0.29) is 12.5 Å². The monoisotopic (exact) mass is 391 g/mol. The molecule has 1 amide bonds. The van der Waals surface area contributed by atoms with Crippen molar-refractivity contribution in [3.8, 4) is 0 Å². The van der Waals surface area contributed by atoms with Gasteiger partial charge in [-0.1, -0.05) is 5.16 Å². The normalized spacial score (nSPS) is 23.5. The molecule has 0 aromatic carbocycles. The first-order valence-electron chi connectivity index (χ1n) is 9.32. The van der Waals surface area contributed by atoms with Gasteiger partial charge in [0, 0.05) is 48.5 Å². The molecular formula is C19H25N3O4S. The molecule has 146 valence electrons. The van der Waals surface area contributed by atoms with Gasteiger partial charge in [0.15, 0.2) is 0 Å². The number of fused-ring (bicyclic) bond motifs is 1. The molecule has 27 heavy (non-hydrogen) atoms. The number of rotatable bonds is 3. The summed E-state index contributed by atoms with van der Waals surface area (Å²) in [5.41, 5.74) is 3.98. The predicted molar refractivity (Wildman–Crippen MR) is 101 cm³/mol. The van der Waals surface area contributed by atoms with E-state index in [0.717, 1.165) is 54.2 Å². The van der Waals surface area contributed by atoms with Crippen LogP contribution in [0.4, 0.5) is 0 Å². The maximum atomic E-state index is 12.9. The van der Waals surface area contributed by atoms with Crippen molar-refractivity contribution in [2.24, 2.45) is 0 Å². The second-order valence-electron chi connectivity index (χ2n) is 7.49. The molecule has 0 spiro atoms. The highest BCUT2D eigenvalue weighted by Gasteiger charge is 2.32. The summed E-state index contributed by atoms with van der Waals surface area (Å²) < 4.78 is 5.26. The van der Waals surface area contributed by atoms with Gasteiger partial charge >= 0.3 is 0 Å². The number of thiophene rings is 1. The topological polar surface area (TPSA) is 90.0 Å². The molecule has 0 unspecified atom stereocenters. The van der Waals surface area contributed by atoms with Crippen LogP contribution >= 0.6 is 11.3 Å². The van der Waals surface area contributed by atoms with Crippen molar-refractivity contribution in [3.05, 3.63) is 38.4 Å². The van der Waals surface area contributed by atoms with E-state index in [1.165, 1.54) is 4.88 Å². The van der Waals surface area contributed by atoms with E-state index in [1.807, 2.05) is 19.2 Å². The van der Waals surface area contributed by atoms with Crippen LogP contribution in [-0.2, 0) is 19.5 Å². The molecule has 4 heterocycles. The van der Waals surface area contributed by atoms with Crippen LogP contribution in [0.1, 0.15) is 44.2 Å². The molecule has 7 nitrogen and oxygen atoms in total. The Labute approximate surface area is 162 Å². The van der Waals surface area contributed by atoms with Crippen LogP contribution in [0.3, 0.4) is 0 Å². The van der Waals surface area contributed by atoms with Gasteiger partial charge in [-0.15, -0.1) is 11.3 Å². The van der Waals surface area contributed by atoms with E-state index in [1.54, 1.807) is 16.2 Å². The van der Waals surface area contributed by atoms with Crippen molar-refractivity contribution >= 4 is 17.2 Å². The summed E-state index contributed by atoms with van der Waals surface area (Å²) >= 11 is 1.63. The minimum absolute atomic E-state index is 0.0300. The van der Waals surface area contributed by atoms with E-state index < -0.39 is 12.2 Å². The van der Waals surface area contributed by atoms with E-state index in [0.29, 0.717) is 13.0 Å². The van der Waals surface area contributed by atoms with Crippen LogP contribution in [0.25, 0.3) is 0 Å². The minimum Gasteiger partial charge on any atom is -0.390 e. The number of aliphatic hydroxyl groups excluding tert-OH is 2. The van der Waals surface area contributed by atoms with Crippen molar-refractivity contribution in [3.63, 3.8) is 0 Å². The number of nitrogens with zero attached hydrogens (tertiary/aromatic N) is 3. The first-order valence-corrected chi connectivity index (χ1v) is 10.2. The molecule has 2 atom stereocenters. The number of aliphatic hydroxyl groups is 2. The zero-order valence-electron chi connectivity index (χ0n) is 15.6. The quantitative estimate of drug-likeness (QED) is 0.824. The molecule has 0 bridgehead atoms. The van der Waals surface area contributed by atoms with Crippen LogP contribution in [0.2, 0.25) is 0 Å². The third kappa shape index (κ3) is 3.54. The van der Waals surface area contributed by atoms with Crippen molar-refractivity contribution in [2.75, 3.05) is 19.6 Å². The number of likely N-dealkylation sites (tertiary alicyclic amines) is 1. The number of amides is 1. The van der Waals surface area contributed by atoms with Crippen molar-refractivity contribution in [1.82, 2.24) is 15.0 Å². The molecule has 1 fully saturated rings. The molecule has 2 aliphatic heterocycles. The predicted octanol–water partition coefficient (Wildman–Crippen LogP) is 1.48. The van der Waals surface area contributed by atoms with Gasteiger partial charge in [-0.25, -0.2) is 0 Å². The van der Waals surface area contributed by atoms with Gasteiger partial charge < -0.3 is 19.6 Å². The summed E-state index contributed by atoms with van der Waals surface area (Å²) in [4.78, 5) is 18.2. The summed E-state index contributed by atoms with van der Waals surface area (Å²) in [6, 6.07) is 0. The second kappa shape index (κ2) is 7.35. The van der Waals surface area contributed by atoms with Crippen LogP contribution in [-0.4, -0.2) is 62.9 Å². The van der Waals surface area contributed by atoms with Gasteiger partial charge in [-0.05, 0) is 32.3 Å². The van der Waals surface area contributed by atoms with E-state index in [9.17, 15) is 15.0 Å². The minimum atomic E-state index is -0.859. The Bertz CT molecular complexity index is 827. The Morgan fingerprint density at radius 2 is 2.15 bits per heavy atom. The molecule has 2 aliphatic rings. The zero-order valence-corrected chi connectivity index (χ0v) is 16.5. The third-order valence-corrected chi connectivity index (χ3v) is 6.67. The standard InChI is InChI=1S/C19H25N3O4S/c1-11-14(12(2)26-20-11)7-21-5-3-13-15(10-27-18(13)9-21)19(25)22-6-4-16(23)17(24)8-22/h10,16-17,23-24H,3-9H2,1-2H3/t16-,17-/m0/s1. The average Bonchev–Trinajstić information content (AvgIpc) is 3.21. The smallest absolute Gasteiger partial charge is 0.255 e. The number of hydrogen-bond donors (Lipinski definition) is 2. The van der Waals surface area contributed by atoms with E-state index in [4.69, 9.17) is 4.52 Å². The second-order valence-corrected chi connectivity index (χ2v) is 8.45. The Morgan fingerprint density at radius 1 is 1.33 bits per heavy atom. The van der Waals surface area contributed by atoms with Gasteiger partial charge in [0.1, 0.15) is 5.76 Å². The number of carbonyl (C=O) groups is 1. The molecule has 2 aromatic heterocycles. The van der Waals surface area contributed by atoms with Gasteiger partial charge in [-0.2, -0.15) is 0 Å². The number of piperidine rings is 1. The molecule has 2 N–H and O–H groups in total. The van der Waals surface area contributed by atoms with Crippen LogP contribution in [0.15, 0.2) is 9.90 Å². The number of hydrogen-bond acceptors (Lipinski definition) is 7. The van der Waals surface area contributed by atoms with Gasteiger partial charge in [0.25, 0.3) is 5.91 Å². The molecule has 2 aromatic rings. The lowest BCUT2D eigenvalue weighted by Gasteiger charge is -2.34. The van der Waals surface area contributed by atoms with E-state index in [2.05, 4.69) is 10.1 Å². The van der Waals surface area contributed by atoms with Gasteiger partial charge in [0.05, 0.1) is 23.5 Å². The number of aryl methyl sites for hydroxylation is 2. The largest absolute Gasteiger partial charge is 0.390 e. The first-order chi connectivity index (χ1) is 12.9. The highest BCUT2D eigenvalue weighted by atomic mass is 32.1. The zero-order chi connectivity index (χ0) is 19.1. The highest BCUT2D eigenvalue weighted by molar-refractivity contribution is 7.10. The first kappa shape index (κ1) is 18.6. The molecule has 0 saturated carbocycles. The van der Waals surface area contributed by atoms with Crippen LogP contribution < -0.4 is 0 Å². The van der Waals surface area contributed by atoms with Gasteiger partial charge in [0.2, 0.25) is 0 Å². The highest BCUT2D eigenvalue weighted by Crippen LogP contribution is 2.31. The van der Waals surface area contributed by atoms with Crippen molar-refractivity contribution in [1.29, 1.82) is 0 Å². The Kier molecular flexibility index (Phi) is 5.07. The molecule has 0 radical (unpaired) electrons. The van der Waals surface area contributed by atoms with Gasteiger partial charge in [-0.3, -0.25) is 9.69 Å². The molecule has 1 saturated heterocycles. The lowest BCUT2D eigenvalue weighted by molar-refractivity contribution is -0.0321.